The predicted octanol–water partition coefficient (Wildman–Crippen LogP) is 3.23. The van der Waals surface area contributed by atoms with E-state index >= 15 is 0 Å². The van der Waals surface area contributed by atoms with E-state index in [1.54, 1.807) is 0 Å². The highest BCUT2D eigenvalue weighted by Crippen LogP contribution is 2.55. The van der Waals surface area contributed by atoms with Gasteiger partial charge in [-0.05, 0) is 93.8 Å². The van der Waals surface area contributed by atoms with Crippen LogP contribution in [-0.4, -0.2) is 17.5 Å². The second-order valence-corrected chi connectivity index (χ2v) is 9.88. The molecule has 6 saturated carbocycles. The third-order valence-electron chi connectivity index (χ3n) is 8.21. The standard InChI is InChI=1S/C20H32N2O/c21-18-15-2-1-3-16(18)8-17(7-15)19(23)22-20-9-12-4-13(10-20)6-14(5-12)11-20/h12-18H,1-11,21H2,(H,22,23). The molecule has 3 N–H and O–H groups in total. The summed E-state index contributed by atoms with van der Waals surface area (Å²) in [6, 6.07) is 0.368. The Hall–Kier alpha value is -0.570. The summed E-state index contributed by atoms with van der Waals surface area (Å²) in [6.07, 6.45) is 14.1. The quantitative estimate of drug-likeness (QED) is 0.822. The van der Waals surface area contributed by atoms with E-state index < -0.39 is 0 Å². The zero-order chi connectivity index (χ0) is 15.6. The van der Waals surface area contributed by atoms with Crippen LogP contribution in [0, 0.1) is 35.5 Å². The van der Waals surface area contributed by atoms with Gasteiger partial charge in [0, 0.05) is 17.5 Å². The molecule has 0 aliphatic heterocycles. The van der Waals surface area contributed by atoms with Gasteiger partial charge in [0.1, 0.15) is 0 Å². The number of carbonyl (C=O) groups is 1. The smallest absolute Gasteiger partial charge is 0.223 e. The largest absolute Gasteiger partial charge is 0.350 e. The molecule has 3 heteroatoms. The first-order valence-corrected chi connectivity index (χ1v) is 10.2. The van der Waals surface area contributed by atoms with Gasteiger partial charge in [0.05, 0.1) is 0 Å². The molecule has 0 aromatic heterocycles. The number of hydrogen-bond acceptors (Lipinski definition) is 2. The highest BCUT2D eigenvalue weighted by Gasteiger charge is 2.52. The average molecular weight is 316 g/mol. The highest BCUT2D eigenvalue weighted by molar-refractivity contribution is 5.79. The number of nitrogens with two attached hydrogens (primary N) is 1. The third-order valence-corrected chi connectivity index (χ3v) is 8.21. The van der Waals surface area contributed by atoms with E-state index in [9.17, 15) is 4.79 Å². The second-order valence-electron chi connectivity index (χ2n) is 9.88. The van der Waals surface area contributed by atoms with E-state index in [1.807, 2.05) is 0 Å². The Labute approximate surface area is 140 Å². The third kappa shape index (κ3) is 2.45. The molecule has 6 fully saturated rings. The molecule has 128 valence electrons. The van der Waals surface area contributed by atoms with Gasteiger partial charge in [-0.1, -0.05) is 6.42 Å². The van der Waals surface area contributed by atoms with E-state index in [0.717, 1.165) is 30.6 Å². The molecule has 2 atom stereocenters. The van der Waals surface area contributed by atoms with Crippen LogP contribution in [0.1, 0.15) is 70.6 Å². The first kappa shape index (κ1) is 14.7. The minimum atomic E-state index is 0.181. The molecule has 3 nitrogen and oxygen atoms in total. The first-order valence-electron chi connectivity index (χ1n) is 10.2. The Bertz CT molecular complexity index is 453. The van der Waals surface area contributed by atoms with E-state index in [-0.39, 0.29) is 11.5 Å². The summed E-state index contributed by atoms with van der Waals surface area (Å²) in [7, 11) is 0. The molecular weight excluding hydrogens is 284 g/mol. The molecule has 0 saturated heterocycles. The Kier molecular flexibility index (Phi) is 3.34. The summed E-state index contributed by atoms with van der Waals surface area (Å²) < 4.78 is 0. The van der Waals surface area contributed by atoms with Crippen molar-refractivity contribution in [3.63, 3.8) is 0 Å². The van der Waals surface area contributed by atoms with Gasteiger partial charge in [-0.25, -0.2) is 0 Å². The lowest BCUT2D eigenvalue weighted by Gasteiger charge is -2.57. The molecule has 0 aromatic rings. The van der Waals surface area contributed by atoms with Gasteiger partial charge in [0.25, 0.3) is 0 Å². The SMILES string of the molecule is NC1C2CCCC1CC(C(=O)NC13CC4CC(CC(C4)C1)C3)C2. The van der Waals surface area contributed by atoms with Gasteiger partial charge in [-0.15, -0.1) is 0 Å². The van der Waals surface area contributed by atoms with E-state index in [2.05, 4.69) is 5.32 Å². The minimum absolute atomic E-state index is 0.181. The van der Waals surface area contributed by atoms with Gasteiger partial charge in [0.2, 0.25) is 5.91 Å². The van der Waals surface area contributed by atoms with Crippen LogP contribution in [-0.2, 0) is 4.79 Å². The van der Waals surface area contributed by atoms with E-state index in [0.29, 0.717) is 23.8 Å². The molecule has 6 aliphatic rings. The van der Waals surface area contributed by atoms with Crippen molar-refractivity contribution in [1.82, 2.24) is 5.32 Å². The number of fused-ring (bicyclic) bond motifs is 2. The average Bonchev–Trinajstić information content (AvgIpc) is 2.44. The van der Waals surface area contributed by atoms with Gasteiger partial charge in [-0.2, -0.15) is 0 Å². The fourth-order valence-corrected chi connectivity index (χ4v) is 7.63. The number of carbonyl (C=O) groups excluding carboxylic acids is 1. The lowest BCUT2D eigenvalue weighted by Crippen LogP contribution is -2.61. The summed E-state index contributed by atoms with van der Waals surface area (Å²) in [5.74, 6) is 4.56. The van der Waals surface area contributed by atoms with Crippen molar-refractivity contribution in [3.05, 3.63) is 0 Å². The molecule has 23 heavy (non-hydrogen) atoms. The molecule has 0 spiro atoms. The number of amides is 1. The summed E-state index contributed by atoms with van der Waals surface area (Å²) >= 11 is 0. The molecule has 2 unspecified atom stereocenters. The van der Waals surface area contributed by atoms with Gasteiger partial charge in [0.15, 0.2) is 0 Å². The van der Waals surface area contributed by atoms with Crippen LogP contribution >= 0.6 is 0 Å². The van der Waals surface area contributed by atoms with Crippen LogP contribution in [0.15, 0.2) is 0 Å². The number of nitrogens with one attached hydrogen (secondary N) is 1. The van der Waals surface area contributed by atoms with Crippen LogP contribution in [0.2, 0.25) is 0 Å². The summed E-state index contributed by atoms with van der Waals surface area (Å²) in [5, 5.41) is 3.62. The van der Waals surface area contributed by atoms with Crippen LogP contribution < -0.4 is 11.1 Å². The molecule has 0 heterocycles. The maximum Gasteiger partial charge on any atom is 0.223 e. The van der Waals surface area contributed by atoms with E-state index in [1.165, 1.54) is 57.8 Å². The summed E-state index contributed by atoms with van der Waals surface area (Å²) in [5.41, 5.74) is 6.58. The maximum absolute atomic E-state index is 13.1. The van der Waals surface area contributed by atoms with Gasteiger partial charge in [-0.3, -0.25) is 4.79 Å². The lowest BCUT2D eigenvalue weighted by molar-refractivity contribution is -0.133. The molecule has 6 rings (SSSR count). The van der Waals surface area contributed by atoms with Gasteiger partial charge >= 0.3 is 0 Å². The molecule has 6 aliphatic carbocycles. The van der Waals surface area contributed by atoms with Crippen molar-refractivity contribution in [2.24, 2.45) is 41.2 Å². The first-order chi connectivity index (χ1) is 11.1. The van der Waals surface area contributed by atoms with Crippen molar-refractivity contribution < 1.29 is 4.79 Å². The Morgan fingerprint density at radius 3 is 1.91 bits per heavy atom. The summed E-state index contributed by atoms with van der Waals surface area (Å²) in [4.78, 5) is 13.1. The molecule has 6 bridgehead atoms. The van der Waals surface area contributed by atoms with Crippen LogP contribution in [0.25, 0.3) is 0 Å². The molecular formula is C20H32N2O. The lowest BCUT2D eigenvalue weighted by atomic mass is 9.53. The van der Waals surface area contributed by atoms with Crippen molar-refractivity contribution >= 4 is 5.91 Å². The fourth-order valence-electron chi connectivity index (χ4n) is 7.63. The van der Waals surface area contributed by atoms with Crippen molar-refractivity contribution in [2.75, 3.05) is 0 Å². The van der Waals surface area contributed by atoms with Crippen molar-refractivity contribution in [2.45, 2.75) is 82.2 Å². The monoisotopic (exact) mass is 316 g/mol. The normalized spacial score (nSPS) is 54.0. The van der Waals surface area contributed by atoms with E-state index in [4.69, 9.17) is 5.73 Å². The molecule has 1 amide bonds. The summed E-state index contributed by atoms with van der Waals surface area (Å²) in [6.45, 7) is 0. The fraction of sp³-hybridized carbons (Fsp3) is 0.950. The van der Waals surface area contributed by atoms with Gasteiger partial charge < -0.3 is 11.1 Å². The maximum atomic E-state index is 13.1. The van der Waals surface area contributed by atoms with Crippen molar-refractivity contribution in [3.8, 4) is 0 Å². The zero-order valence-electron chi connectivity index (χ0n) is 14.3. The van der Waals surface area contributed by atoms with Crippen molar-refractivity contribution in [1.29, 1.82) is 0 Å². The van der Waals surface area contributed by atoms with Crippen LogP contribution in [0.4, 0.5) is 0 Å². The Balaban J connectivity index is 1.29. The van der Waals surface area contributed by atoms with Crippen LogP contribution in [0.5, 0.6) is 0 Å². The highest BCUT2D eigenvalue weighted by atomic mass is 16.2. The number of rotatable bonds is 2. The number of hydrogen-bond donors (Lipinski definition) is 2. The second kappa shape index (κ2) is 5.21. The topological polar surface area (TPSA) is 55.1 Å². The Morgan fingerprint density at radius 2 is 1.39 bits per heavy atom. The minimum Gasteiger partial charge on any atom is -0.350 e. The predicted molar refractivity (Wildman–Crippen MR) is 90.6 cm³/mol. The Morgan fingerprint density at radius 1 is 0.870 bits per heavy atom. The zero-order valence-corrected chi connectivity index (χ0v) is 14.3. The molecule has 0 radical (unpaired) electrons. The van der Waals surface area contributed by atoms with Crippen LogP contribution in [0.3, 0.4) is 0 Å². The molecule has 0 aromatic carbocycles.